The number of nitrogens with one attached hydrogen (secondary N) is 1. The summed E-state index contributed by atoms with van der Waals surface area (Å²) in [6, 6.07) is 1.56. The Labute approximate surface area is 244 Å². The average Bonchev–Trinajstić information content (AvgIpc) is 3.30. The third-order valence-corrected chi connectivity index (χ3v) is 6.94. The number of dihydropyridines is 1. The molecule has 5 heterocycles. The zero-order chi connectivity index (χ0) is 32.1. The quantitative estimate of drug-likeness (QED) is 0.436. The van der Waals surface area contributed by atoms with Crippen LogP contribution in [0.4, 0.5) is 17.6 Å². The van der Waals surface area contributed by atoms with E-state index < -0.39 is 75.1 Å². The normalized spacial score (nSPS) is 18.2. The first kappa shape index (κ1) is 26.8. The number of rotatable bonds is 5. The number of pyridine rings is 2. The third kappa shape index (κ3) is 5.55. The molecule has 0 spiro atoms. The fourth-order valence-corrected chi connectivity index (χ4v) is 4.94. The van der Waals surface area contributed by atoms with Gasteiger partial charge in [-0.25, -0.2) is 22.2 Å². The van der Waals surface area contributed by atoms with Crippen LogP contribution in [0.3, 0.4) is 0 Å². The molecule has 1 atom stereocenters. The van der Waals surface area contributed by atoms with E-state index >= 15 is 4.39 Å². The molecule has 3 aromatic rings. The van der Waals surface area contributed by atoms with Crippen LogP contribution in [0.5, 0.6) is 5.75 Å². The lowest BCUT2D eigenvalue weighted by Crippen LogP contribution is -2.41. The van der Waals surface area contributed by atoms with Crippen molar-refractivity contribution in [1.29, 1.82) is 0 Å². The number of allylic oxidation sites excluding steroid dienone is 1. The summed E-state index contributed by atoms with van der Waals surface area (Å²) in [5.41, 5.74) is -3.47. The Bertz CT molecular complexity index is 1790. The van der Waals surface area contributed by atoms with Crippen molar-refractivity contribution in [2.75, 3.05) is 13.2 Å². The minimum absolute atomic E-state index is 0.00737. The highest BCUT2D eigenvalue weighted by molar-refractivity contribution is 6.31. The maximum atomic E-state index is 16.4. The zero-order valence-corrected chi connectivity index (χ0v) is 23.2. The number of carbonyl (C=O) groups is 1. The van der Waals surface area contributed by atoms with E-state index in [-0.39, 0.29) is 43.3 Å². The standard InChI is InChI=1S/C27H25ClF4N6O4/c1-13(39)35-27(2,3)24-18(31)10-37(36-24)25-22(32)23-14(8-34-25)4-5-41-11-16-7-20(21(28)26(40)38(16)23)42-12-19-17(30)6-15(29)9-33-19/h6-7,9-10,14H,4-5,8,11-12H2,1-3H3,(H,35,39)/t14-/m0/s1/i12D2. The lowest BCUT2D eigenvalue weighted by molar-refractivity contribution is -0.120. The number of hydrogen-bond acceptors (Lipinski definition) is 7. The molecular weight excluding hydrogens is 584 g/mol. The molecule has 0 unspecified atom stereocenters. The topological polar surface area (TPSA) is 113 Å². The SMILES string of the molecule is [2H]C([2H])(Oc1cc2n(c(=O)c1Cl)C1=C(F)C(n3cc(F)c(C(C)(C)NC(C)=O)n3)=NC[C@@H]1CCOC2)c1ncc(F)cc1F. The summed E-state index contributed by atoms with van der Waals surface area (Å²) in [6.45, 7) is 1.15. The number of aliphatic imine (C=N–C) groups is 1. The molecule has 0 saturated carbocycles. The van der Waals surface area contributed by atoms with Crippen LogP contribution in [0.1, 0.15) is 47.0 Å². The van der Waals surface area contributed by atoms with Crippen LogP contribution < -0.4 is 15.6 Å². The van der Waals surface area contributed by atoms with Crippen LogP contribution >= 0.6 is 11.6 Å². The van der Waals surface area contributed by atoms with E-state index in [2.05, 4.69) is 20.4 Å². The van der Waals surface area contributed by atoms with Gasteiger partial charge < -0.3 is 14.8 Å². The van der Waals surface area contributed by atoms with Gasteiger partial charge in [0.05, 0.1) is 38.7 Å². The summed E-state index contributed by atoms with van der Waals surface area (Å²) < 4.78 is 88.1. The molecule has 3 aromatic heterocycles. The summed E-state index contributed by atoms with van der Waals surface area (Å²) in [7, 11) is 0. The zero-order valence-electron chi connectivity index (χ0n) is 24.5. The number of halogens is 5. The molecular formula is C27H25ClF4N6O4. The molecule has 0 radical (unpaired) electrons. The molecule has 0 aromatic carbocycles. The van der Waals surface area contributed by atoms with Crippen molar-refractivity contribution in [3.8, 4) is 5.75 Å². The lowest BCUT2D eigenvalue weighted by Gasteiger charge is -2.30. The van der Waals surface area contributed by atoms with Gasteiger partial charge in [0.15, 0.2) is 23.3 Å². The van der Waals surface area contributed by atoms with Gasteiger partial charge in [0.25, 0.3) is 5.56 Å². The summed E-state index contributed by atoms with van der Waals surface area (Å²) in [5, 5.41) is 6.04. The molecule has 1 amide bonds. The first-order valence-corrected chi connectivity index (χ1v) is 13.0. The van der Waals surface area contributed by atoms with Crippen LogP contribution in [-0.4, -0.2) is 44.2 Å². The second kappa shape index (κ2) is 11.3. The van der Waals surface area contributed by atoms with E-state index in [0.29, 0.717) is 12.3 Å². The molecule has 0 aliphatic carbocycles. The number of amides is 1. The van der Waals surface area contributed by atoms with Crippen LogP contribution in [0.25, 0.3) is 5.70 Å². The van der Waals surface area contributed by atoms with E-state index in [9.17, 15) is 22.8 Å². The van der Waals surface area contributed by atoms with Crippen molar-refractivity contribution in [1.82, 2.24) is 24.6 Å². The number of nitrogens with zero attached hydrogens (tertiary/aromatic N) is 5. The van der Waals surface area contributed by atoms with E-state index in [1.54, 1.807) is 0 Å². The summed E-state index contributed by atoms with van der Waals surface area (Å²) >= 11 is 6.31. The predicted molar refractivity (Wildman–Crippen MR) is 143 cm³/mol. The van der Waals surface area contributed by atoms with Crippen molar-refractivity contribution in [3.63, 3.8) is 0 Å². The Kier molecular flexibility index (Phi) is 7.24. The Morgan fingerprint density at radius 2 is 2.05 bits per heavy atom. The number of fused-ring (bicyclic) bond motifs is 3. The third-order valence-electron chi connectivity index (χ3n) is 6.60. The van der Waals surface area contributed by atoms with Gasteiger partial charge in [0.1, 0.15) is 34.5 Å². The van der Waals surface area contributed by atoms with Crippen LogP contribution in [0, 0.1) is 23.4 Å². The molecule has 0 fully saturated rings. The van der Waals surface area contributed by atoms with Crippen LogP contribution in [0.2, 0.25) is 5.02 Å². The van der Waals surface area contributed by atoms with Crippen molar-refractivity contribution < 1.29 is 34.6 Å². The van der Waals surface area contributed by atoms with Crippen LogP contribution in [-0.2, 0) is 28.2 Å². The molecule has 5 rings (SSSR count). The highest BCUT2D eigenvalue weighted by Gasteiger charge is 2.35. The molecule has 42 heavy (non-hydrogen) atoms. The highest BCUT2D eigenvalue weighted by Crippen LogP contribution is 2.35. The van der Waals surface area contributed by atoms with Crippen LogP contribution in [0.15, 0.2) is 40.1 Å². The monoisotopic (exact) mass is 610 g/mol. The Morgan fingerprint density at radius 3 is 2.76 bits per heavy atom. The Balaban J connectivity index is 1.59. The largest absolute Gasteiger partial charge is 0.485 e. The Hall–Kier alpha value is -4.04. The van der Waals surface area contributed by atoms with E-state index in [1.165, 1.54) is 20.8 Å². The molecule has 2 aliphatic rings. The summed E-state index contributed by atoms with van der Waals surface area (Å²) in [4.78, 5) is 32.9. The first-order valence-electron chi connectivity index (χ1n) is 13.6. The number of carbonyl (C=O) groups excluding carboxylic acids is 1. The molecule has 10 nitrogen and oxygen atoms in total. The minimum Gasteiger partial charge on any atom is -0.485 e. The summed E-state index contributed by atoms with van der Waals surface area (Å²) in [6.07, 6.45) is 1.76. The second-order valence-electron chi connectivity index (χ2n) is 10.1. The van der Waals surface area contributed by atoms with Gasteiger partial charge in [-0.15, -0.1) is 0 Å². The predicted octanol–water partition coefficient (Wildman–Crippen LogP) is 4.10. The van der Waals surface area contributed by atoms with Gasteiger partial charge in [0.2, 0.25) is 5.91 Å². The van der Waals surface area contributed by atoms with Crippen molar-refractivity contribution >= 4 is 29.0 Å². The molecule has 1 N–H and O–H groups in total. The van der Waals surface area contributed by atoms with E-state index in [1.807, 2.05) is 0 Å². The van der Waals surface area contributed by atoms with E-state index in [4.69, 9.17) is 23.8 Å². The fraction of sp³-hybridized carbons (Fsp3) is 0.370. The lowest BCUT2D eigenvalue weighted by atomic mass is 9.97. The van der Waals surface area contributed by atoms with Gasteiger partial charge in [-0.3, -0.25) is 24.1 Å². The van der Waals surface area contributed by atoms with Gasteiger partial charge in [-0.2, -0.15) is 5.10 Å². The highest BCUT2D eigenvalue weighted by atomic mass is 35.5. The average molecular weight is 611 g/mol. The molecule has 15 heteroatoms. The fourth-order valence-electron chi connectivity index (χ4n) is 4.77. The van der Waals surface area contributed by atoms with Crippen molar-refractivity contribution in [3.05, 3.63) is 80.3 Å². The van der Waals surface area contributed by atoms with Gasteiger partial charge in [-0.1, -0.05) is 11.6 Å². The summed E-state index contributed by atoms with van der Waals surface area (Å²) in [5.74, 6) is -6.25. The Morgan fingerprint density at radius 1 is 1.29 bits per heavy atom. The maximum absolute atomic E-state index is 16.4. The molecule has 222 valence electrons. The second-order valence-corrected chi connectivity index (χ2v) is 10.5. The number of hydrogen-bond donors (Lipinski definition) is 1. The minimum atomic E-state index is -3.00. The van der Waals surface area contributed by atoms with Gasteiger partial charge in [0, 0.05) is 38.1 Å². The van der Waals surface area contributed by atoms with Crippen molar-refractivity contribution in [2.24, 2.45) is 10.9 Å². The molecule has 0 bridgehead atoms. The molecule has 0 saturated heterocycles. The number of ether oxygens (including phenoxy) is 2. The maximum Gasteiger partial charge on any atom is 0.277 e. The smallest absolute Gasteiger partial charge is 0.277 e. The van der Waals surface area contributed by atoms with E-state index in [0.717, 1.165) is 21.5 Å². The first-order chi connectivity index (χ1) is 20.6. The van der Waals surface area contributed by atoms with Gasteiger partial charge in [-0.05, 0) is 20.3 Å². The number of aromatic nitrogens is 4. The van der Waals surface area contributed by atoms with Crippen molar-refractivity contribution in [2.45, 2.75) is 45.9 Å². The molecule has 2 aliphatic heterocycles. The van der Waals surface area contributed by atoms with Gasteiger partial charge >= 0.3 is 0 Å².